The van der Waals surface area contributed by atoms with Gasteiger partial charge in [-0.25, -0.2) is 4.98 Å². The number of carbonyl (C=O) groups excluding carboxylic acids is 2. The molecule has 1 aliphatic heterocycles. The fourth-order valence-corrected chi connectivity index (χ4v) is 4.42. The monoisotopic (exact) mass is 408 g/mol. The zero-order valence-electron chi connectivity index (χ0n) is 15.0. The normalized spacial score (nSPS) is 16.4. The number of anilines is 2. The fourth-order valence-electron chi connectivity index (χ4n) is 3.23. The molecule has 1 aromatic heterocycles. The van der Waals surface area contributed by atoms with Gasteiger partial charge < -0.3 is 10.2 Å². The number of nitrogens with zero attached hydrogens (tertiary/aromatic N) is 3. The highest BCUT2D eigenvalue weighted by atomic mass is 32.2. The number of benzene rings is 2. The number of thioether (sulfide) groups is 1. The lowest BCUT2D eigenvalue weighted by Gasteiger charge is -2.16. The van der Waals surface area contributed by atoms with Crippen LogP contribution in [0.4, 0.5) is 11.4 Å². The Morgan fingerprint density at radius 3 is 2.86 bits per heavy atom. The van der Waals surface area contributed by atoms with Crippen molar-refractivity contribution in [3.05, 3.63) is 47.5 Å². The van der Waals surface area contributed by atoms with Crippen molar-refractivity contribution in [2.75, 3.05) is 16.8 Å². The SMILES string of the molecule is Cc1nc2cc(N3CC(C(=O)Nc4ccc(SC#N)cc4)CC3=O)ccc2s1. The van der Waals surface area contributed by atoms with E-state index in [4.69, 9.17) is 5.26 Å². The van der Waals surface area contributed by atoms with Gasteiger partial charge in [0.15, 0.2) is 0 Å². The average molecular weight is 409 g/mol. The Morgan fingerprint density at radius 1 is 1.32 bits per heavy atom. The van der Waals surface area contributed by atoms with Gasteiger partial charge in [-0.05, 0) is 61.2 Å². The van der Waals surface area contributed by atoms with Crippen molar-refractivity contribution in [1.29, 1.82) is 5.26 Å². The second-order valence-electron chi connectivity index (χ2n) is 6.50. The molecule has 0 radical (unpaired) electrons. The van der Waals surface area contributed by atoms with Crippen LogP contribution in [0.2, 0.25) is 0 Å². The molecule has 0 aliphatic carbocycles. The zero-order chi connectivity index (χ0) is 19.7. The maximum Gasteiger partial charge on any atom is 0.229 e. The number of thiazole rings is 1. The van der Waals surface area contributed by atoms with Crippen LogP contribution in [-0.4, -0.2) is 23.3 Å². The number of aromatic nitrogens is 1. The molecular formula is C20H16N4O2S2. The fraction of sp³-hybridized carbons (Fsp3) is 0.200. The number of hydrogen-bond acceptors (Lipinski definition) is 6. The largest absolute Gasteiger partial charge is 0.326 e. The first-order valence-electron chi connectivity index (χ1n) is 8.68. The number of rotatable bonds is 4. The molecule has 4 rings (SSSR count). The van der Waals surface area contributed by atoms with E-state index in [0.29, 0.717) is 12.2 Å². The quantitative estimate of drug-likeness (QED) is 0.517. The van der Waals surface area contributed by atoms with Crippen molar-refractivity contribution in [3.8, 4) is 5.40 Å². The summed E-state index contributed by atoms with van der Waals surface area (Å²) in [6.07, 6.45) is 0.183. The van der Waals surface area contributed by atoms with E-state index in [1.165, 1.54) is 0 Å². The standard InChI is InChI=1S/C20H16N4O2S2/c1-12-22-17-9-15(4-7-18(17)28-12)24-10-13(8-19(24)25)20(26)23-14-2-5-16(6-3-14)27-11-21/h2-7,9,13H,8,10H2,1H3,(H,23,26). The number of aryl methyl sites for hydroxylation is 1. The average Bonchev–Trinajstić information content (AvgIpc) is 3.24. The van der Waals surface area contributed by atoms with Crippen LogP contribution in [0.15, 0.2) is 47.4 Å². The van der Waals surface area contributed by atoms with E-state index in [0.717, 1.165) is 37.6 Å². The molecule has 1 N–H and O–H groups in total. The van der Waals surface area contributed by atoms with Crippen molar-refractivity contribution < 1.29 is 9.59 Å². The zero-order valence-corrected chi connectivity index (χ0v) is 16.6. The summed E-state index contributed by atoms with van der Waals surface area (Å²) in [7, 11) is 0. The molecule has 28 heavy (non-hydrogen) atoms. The number of carbonyl (C=O) groups is 2. The Labute approximate surface area is 170 Å². The van der Waals surface area contributed by atoms with Crippen molar-refractivity contribution in [2.24, 2.45) is 5.92 Å². The van der Waals surface area contributed by atoms with Crippen molar-refractivity contribution >= 4 is 56.5 Å². The van der Waals surface area contributed by atoms with Crippen LogP contribution in [0.3, 0.4) is 0 Å². The topological polar surface area (TPSA) is 86.1 Å². The molecule has 6 nitrogen and oxygen atoms in total. The smallest absolute Gasteiger partial charge is 0.229 e. The Balaban J connectivity index is 1.45. The molecule has 1 saturated heterocycles. The van der Waals surface area contributed by atoms with E-state index in [1.807, 2.05) is 30.5 Å². The van der Waals surface area contributed by atoms with Gasteiger partial charge >= 0.3 is 0 Å². The number of amides is 2. The van der Waals surface area contributed by atoms with E-state index in [9.17, 15) is 9.59 Å². The van der Waals surface area contributed by atoms with Crippen LogP contribution in [0.25, 0.3) is 10.2 Å². The predicted molar refractivity (Wildman–Crippen MR) is 111 cm³/mol. The van der Waals surface area contributed by atoms with Gasteiger partial charge in [0.05, 0.1) is 21.1 Å². The summed E-state index contributed by atoms with van der Waals surface area (Å²) in [6, 6.07) is 12.8. The van der Waals surface area contributed by atoms with E-state index >= 15 is 0 Å². The summed E-state index contributed by atoms with van der Waals surface area (Å²) >= 11 is 2.68. The molecule has 0 saturated carbocycles. The minimum absolute atomic E-state index is 0.0628. The lowest BCUT2D eigenvalue weighted by Crippen LogP contribution is -2.28. The molecule has 0 bridgehead atoms. The second kappa shape index (κ2) is 7.62. The van der Waals surface area contributed by atoms with E-state index in [2.05, 4.69) is 10.3 Å². The first-order valence-corrected chi connectivity index (χ1v) is 10.3. The van der Waals surface area contributed by atoms with Crippen molar-refractivity contribution in [1.82, 2.24) is 4.98 Å². The summed E-state index contributed by atoms with van der Waals surface area (Å²) in [6.45, 7) is 2.30. The van der Waals surface area contributed by atoms with Crippen LogP contribution < -0.4 is 10.2 Å². The molecule has 140 valence electrons. The second-order valence-corrected chi connectivity index (χ2v) is 8.59. The molecule has 2 heterocycles. The van der Waals surface area contributed by atoms with Crippen LogP contribution in [0.1, 0.15) is 11.4 Å². The molecule has 1 atom stereocenters. The van der Waals surface area contributed by atoms with Gasteiger partial charge in [-0.3, -0.25) is 9.59 Å². The third-order valence-corrected chi connectivity index (χ3v) is 6.12. The first kappa shape index (κ1) is 18.5. The Bertz CT molecular complexity index is 1100. The van der Waals surface area contributed by atoms with E-state index < -0.39 is 5.92 Å². The predicted octanol–water partition coefficient (Wildman–Crippen LogP) is 4.17. The molecule has 8 heteroatoms. The molecule has 2 amide bonds. The maximum absolute atomic E-state index is 12.6. The van der Waals surface area contributed by atoms with Crippen LogP contribution in [0.5, 0.6) is 0 Å². The summed E-state index contributed by atoms with van der Waals surface area (Å²) in [4.78, 5) is 32.1. The minimum Gasteiger partial charge on any atom is -0.326 e. The van der Waals surface area contributed by atoms with Crippen LogP contribution in [-0.2, 0) is 9.59 Å². The van der Waals surface area contributed by atoms with Gasteiger partial charge in [0.2, 0.25) is 11.8 Å². The summed E-state index contributed by atoms with van der Waals surface area (Å²) < 4.78 is 1.08. The molecule has 2 aromatic carbocycles. The molecule has 1 unspecified atom stereocenters. The van der Waals surface area contributed by atoms with Gasteiger partial charge in [0.25, 0.3) is 0 Å². The Hall–Kier alpha value is -2.89. The highest BCUT2D eigenvalue weighted by Crippen LogP contribution is 2.30. The summed E-state index contributed by atoms with van der Waals surface area (Å²) in [5, 5.41) is 14.5. The van der Waals surface area contributed by atoms with E-state index in [1.54, 1.807) is 40.5 Å². The van der Waals surface area contributed by atoms with Gasteiger partial charge in [-0.2, -0.15) is 5.26 Å². The summed E-state index contributed by atoms with van der Waals surface area (Å²) in [5.74, 6) is -0.650. The first-order chi connectivity index (χ1) is 13.5. The van der Waals surface area contributed by atoms with Crippen molar-refractivity contribution in [2.45, 2.75) is 18.2 Å². The third kappa shape index (κ3) is 3.72. The van der Waals surface area contributed by atoms with Gasteiger partial charge in [0, 0.05) is 29.2 Å². The van der Waals surface area contributed by atoms with Gasteiger partial charge in [-0.15, -0.1) is 11.3 Å². The van der Waals surface area contributed by atoms with Crippen molar-refractivity contribution in [3.63, 3.8) is 0 Å². The Kier molecular flexibility index (Phi) is 5.03. The summed E-state index contributed by atoms with van der Waals surface area (Å²) in [5.41, 5.74) is 2.30. The number of nitriles is 1. The molecule has 1 aliphatic rings. The lowest BCUT2D eigenvalue weighted by molar-refractivity contribution is -0.122. The van der Waals surface area contributed by atoms with E-state index in [-0.39, 0.29) is 18.2 Å². The van der Waals surface area contributed by atoms with Gasteiger partial charge in [0.1, 0.15) is 5.40 Å². The molecule has 3 aromatic rings. The molecule has 1 fully saturated rings. The number of fused-ring (bicyclic) bond motifs is 1. The van der Waals surface area contributed by atoms with Gasteiger partial charge in [-0.1, -0.05) is 0 Å². The maximum atomic E-state index is 12.6. The number of nitrogens with one attached hydrogen (secondary N) is 1. The van der Waals surface area contributed by atoms with Crippen LogP contribution in [0, 0.1) is 23.5 Å². The lowest BCUT2D eigenvalue weighted by atomic mass is 10.1. The highest BCUT2D eigenvalue weighted by Gasteiger charge is 2.35. The number of hydrogen-bond donors (Lipinski definition) is 1. The molecule has 0 spiro atoms. The highest BCUT2D eigenvalue weighted by molar-refractivity contribution is 8.03. The minimum atomic E-state index is -0.409. The van der Waals surface area contributed by atoms with Crippen LogP contribution >= 0.6 is 23.1 Å². The third-order valence-electron chi connectivity index (χ3n) is 4.57. The molecular weight excluding hydrogens is 392 g/mol. The Morgan fingerprint density at radius 2 is 2.11 bits per heavy atom. The number of thiocyanates is 1.